The monoisotopic (exact) mass is 493 g/mol. The number of hydrogen-bond donors (Lipinski definition) is 1. The quantitative estimate of drug-likeness (QED) is 0.369. The summed E-state index contributed by atoms with van der Waals surface area (Å²) in [5, 5.41) is 3.96. The number of carbonyl (C=O) groups excluding carboxylic acids is 1. The van der Waals surface area contributed by atoms with Gasteiger partial charge in [-0.05, 0) is 30.3 Å². The van der Waals surface area contributed by atoms with Gasteiger partial charge in [-0.1, -0.05) is 40.2 Å². The molecule has 30 heavy (non-hydrogen) atoms. The Kier molecular flexibility index (Phi) is 5.66. The second-order valence-corrected chi connectivity index (χ2v) is 8.55. The van der Waals surface area contributed by atoms with Crippen molar-refractivity contribution in [2.45, 2.75) is 19.3 Å². The Labute approximate surface area is 182 Å². The molecular weight excluding hydrogens is 479 g/mol. The molecule has 4 nitrogen and oxygen atoms in total. The number of amides is 1. The normalized spacial score (nSPS) is 11.7. The van der Waals surface area contributed by atoms with Crippen LogP contribution in [-0.2, 0) is 13.1 Å². The Morgan fingerprint density at radius 2 is 1.90 bits per heavy atom. The lowest BCUT2D eigenvalue weighted by atomic mass is 10.2. The van der Waals surface area contributed by atoms with Gasteiger partial charge in [-0.15, -0.1) is 11.3 Å². The van der Waals surface area contributed by atoms with E-state index in [1.165, 1.54) is 15.9 Å². The van der Waals surface area contributed by atoms with Crippen molar-refractivity contribution in [1.82, 2.24) is 14.9 Å². The number of thiazole rings is 1. The van der Waals surface area contributed by atoms with Crippen LogP contribution in [0.4, 0.5) is 13.2 Å². The smallest absolute Gasteiger partial charge is 0.347 e. The van der Waals surface area contributed by atoms with Crippen LogP contribution in [0.1, 0.15) is 15.2 Å². The fourth-order valence-electron chi connectivity index (χ4n) is 3.14. The summed E-state index contributed by atoms with van der Waals surface area (Å²) >= 11 is 4.66. The maximum atomic E-state index is 13.2. The second-order valence-electron chi connectivity index (χ2n) is 6.58. The van der Waals surface area contributed by atoms with Crippen molar-refractivity contribution >= 4 is 44.1 Å². The van der Waals surface area contributed by atoms with Gasteiger partial charge in [0.25, 0.3) is 5.91 Å². The molecule has 0 bridgehead atoms. The summed E-state index contributed by atoms with van der Waals surface area (Å²) in [4.78, 5) is 17.3. The Bertz CT molecular complexity index is 1200. The van der Waals surface area contributed by atoms with E-state index < -0.39 is 12.7 Å². The van der Waals surface area contributed by atoms with Crippen molar-refractivity contribution < 1.29 is 18.0 Å². The van der Waals surface area contributed by atoms with Gasteiger partial charge in [-0.3, -0.25) is 4.79 Å². The topological polar surface area (TPSA) is 46.9 Å². The predicted octanol–water partition coefficient (Wildman–Crippen LogP) is 6.02. The molecule has 1 N–H and O–H groups in total. The van der Waals surface area contributed by atoms with Crippen molar-refractivity contribution in [1.29, 1.82) is 0 Å². The number of rotatable bonds is 5. The lowest BCUT2D eigenvalue weighted by molar-refractivity contribution is -0.139. The lowest BCUT2D eigenvalue weighted by Gasteiger charge is -2.12. The van der Waals surface area contributed by atoms with Gasteiger partial charge in [-0.2, -0.15) is 13.2 Å². The van der Waals surface area contributed by atoms with Crippen LogP contribution in [-0.4, -0.2) is 21.6 Å². The summed E-state index contributed by atoms with van der Waals surface area (Å²) in [6.07, 6.45) is -2.79. The van der Waals surface area contributed by atoms with Crippen molar-refractivity contribution in [3.63, 3.8) is 0 Å². The summed E-state index contributed by atoms with van der Waals surface area (Å²) in [5.74, 6) is -0.222. The number of halogens is 4. The molecule has 0 saturated carbocycles. The Hall–Kier alpha value is -2.65. The van der Waals surface area contributed by atoms with Crippen LogP contribution < -0.4 is 5.32 Å². The molecule has 4 aromatic rings. The molecule has 4 rings (SSSR count). The minimum absolute atomic E-state index is 0.222. The number of nitrogens with zero attached hydrogens (tertiary/aromatic N) is 2. The number of fused-ring (bicyclic) bond motifs is 1. The van der Waals surface area contributed by atoms with E-state index in [0.29, 0.717) is 31.6 Å². The Morgan fingerprint density at radius 3 is 2.63 bits per heavy atom. The average molecular weight is 494 g/mol. The molecule has 2 heterocycles. The van der Waals surface area contributed by atoms with Crippen LogP contribution in [0.5, 0.6) is 0 Å². The van der Waals surface area contributed by atoms with Gasteiger partial charge in [0.05, 0.1) is 17.8 Å². The maximum Gasteiger partial charge on any atom is 0.406 e. The van der Waals surface area contributed by atoms with Crippen molar-refractivity contribution in [3.05, 3.63) is 75.7 Å². The summed E-state index contributed by atoms with van der Waals surface area (Å²) in [6, 6.07) is 15.6. The minimum Gasteiger partial charge on any atom is -0.347 e. The number of aromatic nitrogens is 2. The molecule has 0 atom stereocenters. The zero-order valence-corrected chi connectivity index (χ0v) is 17.8. The van der Waals surface area contributed by atoms with E-state index in [1.54, 1.807) is 54.7 Å². The first-order chi connectivity index (χ1) is 14.3. The third-order valence-electron chi connectivity index (χ3n) is 4.46. The molecular formula is C21H15BrF3N3OS. The number of benzene rings is 2. The zero-order valence-electron chi connectivity index (χ0n) is 15.4. The van der Waals surface area contributed by atoms with E-state index in [4.69, 9.17) is 0 Å². The molecule has 0 unspecified atom stereocenters. The molecule has 0 saturated heterocycles. The van der Waals surface area contributed by atoms with E-state index in [0.717, 1.165) is 4.88 Å². The Morgan fingerprint density at radius 1 is 1.13 bits per heavy atom. The van der Waals surface area contributed by atoms with E-state index in [2.05, 4.69) is 26.2 Å². The van der Waals surface area contributed by atoms with Crippen LogP contribution in [0, 0.1) is 0 Å². The van der Waals surface area contributed by atoms with Crippen LogP contribution in [0.3, 0.4) is 0 Å². The molecule has 0 aliphatic carbocycles. The first kappa shape index (κ1) is 20.6. The molecule has 9 heteroatoms. The van der Waals surface area contributed by atoms with Gasteiger partial charge in [-0.25, -0.2) is 4.98 Å². The zero-order chi connectivity index (χ0) is 21.3. The highest BCUT2D eigenvalue weighted by molar-refractivity contribution is 9.10. The molecule has 154 valence electrons. The van der Waals surface area contributed by atoms with E-state index >= 15 is 0 Å². The SMILES string of the molecule is O=C(NCc1cnc(-c2cc3c(Br)cccc3n2CC(F)(F)F)s1)c1ccccc1. The molecule has 0 aliphatic rings. The summed E-state index contributed by atoms with van der Waals surface area (Å²) < 4.78 is 41.6. The number of nitrogens with one attached hydrogen (secondary N) is 1. The number of carbonyl (C=O) groups is 1. The average Bonchev–Trinajstić information content (AvgIpc) is 3.31. The van der Waals surface area contributed by atoms with E-state index in [9.17, 15) is 18.0 Å². The third kappa shape index (κ3) is 4.41. The first-order valence-corrected chi connectivity index (χ1v) is 10.6. The molecule has 0 radical (unpaired) electrons. The lowest BCUT2D eigenvalue weighted by Crippen LogP contribution is -2.22. The van der Waals surface area contributed by atoms with Crippen LogP contribution >= 0.6 is 27.3 Å². The fourth-order valence-corrected chi connectivity index (χ4v) is 4.49. The van der Waals surface area contributed by atoms with Gasteiger partial charge < -0.3 is 9.88 Å². The van der Waals surface area contributed by atoms with Gasteiger partial charge in [0, 0.05) is 26.5 Å². The van der Waals surface area contributed by atoms with Gasteiger partial charge in [0.1, 0.15) is 11.6 Å². The second kappa shape index (κ2) is 8.23. The highest BCUT2D eigenvalue weighted by Crippen LogP contribution is 2.36. The highest BCUT2D eigenvalue weighted by atomic mass is 79.9. The maximum absolute atomic E-state index is 13.2. The minimum atomic E-state index is -4.37. The predicted molar refractivity (Wildman–Crippen MR) is 114 cm³/mol. The largest absolute Gasteiger partial charge is 0.406 e. The van der Waals surface area contributed by atoms with Crippen LogP contribution in [0.2, 0.25) is 0 Å². The fraction of sp³-hybridized carbons (Fsp3) is 0.143. The number of alkyl halides is 3. The van der Waals surface area contributed by atoms with Crippen molar-refractivity contribution in [3.8, 4) is 10.7 Å². The first-order valence-electron chi connectivity index (χ1n) is 8.94. The van der Waals surface area contributed by atoms with Crippen LogP contribution in [0.15, 0.2) is 65.3 Å². The van der Waals surface area contributed by atoms with Gasteiger partial charge in [0.2, 0.25) is 0 Å². The summed E-state index contributed by atoms with van der Waals surface area (Å²) in [6.45, 7) is -0.865. The number of hydrogen-bond acceptors (Lipinski definition) is 3. The molecule has 2 aromatic carbocycles. The van der Waals surface area contributed by atoms with Crippen LogP contribution in [0.25, 0.3) is 21.6 Å². The summed E-state index contributed by atoms with van der Waals surface area (Å²) in [7, 11) is 0. The molecule has 0 fully saturated rings. The molecule has 2 aromatic heterocycles. The Balaban J connectivity index is 1.62. The van der Waals surface area contributed by atoms with Gasteiger partial charge in [0.15, 0.2) is 0 Å². The molecule has 0 spiro atoms. The molecule has 1 amide bonds. The highest BCUT2D eigenvalue weighted by Gasteiger charge is 2.30. The standard InChI is InChI=1S/C21H15BrF3N3OS/c22-16-7-4-8-17-15(16)9-18(28(17)12-21(23,24)25)20-27-11-14(30-20)10-26-19(29)13-5-2-1-3-6-13/h1-9,11H,10,12H2,(H,26,29). The van der Waals surface area contributed by atoms with Crippen molar-refractivity contribution in [2.75, 3.05) is 0 Å². The molecule has 0 aliphatic heterocycles. The van der Waals surface area contributed by atoms with Gasteiger partial charge >= 0.3 is 6.18 Å². The summed E-state index contributed by atoms with van der Waals surface area (Å²) in [5.41, 5.74) is 1.41. The van der Waals surface area contributed by atoms with E-state index in [1.807, 2.05) is 6.07 Å². The van der Waals surface area contributed by atoms with E-state index in [-0.39, 0.29) is 12.5 Å². The van der Waals surface area contributed by atoms with Crippen molar-refractivity contribution in [2.24, 2.45) is 0 Å². The third-order valence-corrected chi connectivity index (χ3v) is 6.17.